The first-order valence-electron chi connectivity index (χ1n) is 12.4. The largest absolute Gasteiger partial charge is 0.493 e. The molecule has 8 heteroatoms. The molecule has 7 nitrogen and oxygen atoms in total. The van der Waals surface area contributed by atoms with Crippen molar-refractivity contribution < 1.29 is 14.2 Å². The van der Waals surface area contributed by atoms with Crippen LogP contribution in [0.15, 0.2) is 23.2 Å². The molecule has 2 fully saturated rings. The van der Waals surface area contributed by atoms with Gasteiger partial charge in [0.15, 0.2) is 17.5 Å². The molecule has 33 heavy (non-hydrogen) atoms. The van der Waals surface area contributed by atoms with E-state index in [4.69, 9.17) is 19.2 Å². The van der Waals surface area contributed by atoms with E-state index in [9.17, 15) is 0 Å². The molecule has 1 atom stereocenters. The van der Waals surface area contributed by atoms with Gasteiger partial charge in [-0.2, -0.15) is 0 Å². The van der Waals surface area contributed by atoms with Gasteiger partial charge < -0.3 is 29.7 Å². The van der Waals surface area contributed by atoms with Gasteiger partial charge >= 0.3 is 0 Å². The van der Waals surface area contributed by atoms with E-state index in [1.165, 1.54) is 31.4 Å². The van der Waals surface area contributed by atoms with Crippen molar-refractivity contribution >= 4 is 29.9 Å². The molecule has 2 aliphatic rings. The number of hydrogen-bond donors (Lipinski definition) is 2. The van der Waals surface area contributed by atoms with E-state index in [0.29, 0.717) is 12.6 Å². The predicted molar refractivity (Wildman–Crippen MR) is 145 cm³/mol. The third-order valence-electron chi connectivity index (χ3n) is 6.23. The van der Waals surface area contributed by atoms with E-state index >= 15 is 0 Å². The van der Waals surface area contributed by atoms with Crippen LogP contribution in [0.4, 0.5) is 0 Å². The van der Waals surface area contributed by atoms with Crippen LogP contribution in [0.3, 0.4) is 0 Å². The zero-order valence-corrected chi connectivity index (χ0v) is 22.9. The SMILES string of the molecule is CCNC(=NCCCc1ccc(OC)c(OCC)c1)NC1CCN(CC2CCOC2)CC1.I. The quantitative estimate of drug-likeness (QED) is 0.182. The fraction of sp³-hybridized carbons (Fsp3) is 0.720. The molecule has 3 rings (SSSR count). The highest BCUT2D eigenvalue weighted by Crippen LogP contribution is 2.28. The average Bonchev–Trinajstić information content (AvgIpc) is 3.31. The fourth-order valence-corrected chi connectivity index (χ4v) is 4.48. The molecule has 1 aromatic carbocycles. The second kappa shape index (κ2) is 15.6. The van der Waals surface area contributed by atoms with Gasteiger partial charge in [-0.3, -0.25) is 4.99 Å². The summed E-state index contributed by atoms with van der Waals surface area (Å²) in [6, 6.07) is 6.68. The van der Waals surface area contributed by atoms with E-state index in [0.717, 1.165) is 75.6 Å². The van der Waals surface area contributed by atoms with Gasteiger partial charge in [0.2, 0.25) is 0 Å². The van der Waals surface area contributed by atoms with Crippen LogP contribution in [0.2, 0.25) is 0 Å². The molecule has 0 amide bonds. The highest BCUT2D eigenvalue weighted by Gasteiger charge is 2.24. The summed E-state index contributed by atoms with van der Waals surface area (Å²) in [5.74, 6) is 3.28. The normalized spacial score (nSPS) is 19.7. The number of rotatable bonds is 11. The van der Waals surface area contributed by atoms with Crippen molar-refractivity contribution in [3.8, 4) is 11.5 Å². The number of ether oxygens (including phenoxy) is 3. The van der Waals surface area contributed by atoms with E-state index in [1.54, 1.807) is 7.11 Å². The highest BCUT2D eigenvalue weighted by molar-refractivity contribution is 14.0. The maximum atomic E-state index is 5.69. The maximum absolute atomic E-state index is 5.69. The first-order valence-corrected chi connectivity index (χ1v) is 12.4. The van der Waals surface area contributed by atoms with Crippen molar-refractivity contribution in [2.45, 2.75) is 52.0 Å². The minimum absolute atomic E-state index is 0. The molecule has 1 unspecified atom stereocenters. The number of guanidine groups is 1. The molecule has 0 aliphatic carbocycles. The number of hydrogen-bond acceptors (Lipinski definition) is 5. The molecule has 2 saturated heterocycles. The van der Waals surface area contributed by atoms with Crippen LogP contribution in [-0.2, 0) is 11.2 Å². The second-order valence-corrected chi connectivity index (χ2v) is 8.73. The standard InChI is InChI=1S/C25H42N4O3.HI/c1-4-26-25(28-22-10-14-29(15-11-22)18-21-12-16-31-19-21)27-13-6-7-20-8-9-23(30-3)24(17-20)32-5-2;/h8-9,17,21-22H,4-7,10-16,18-19H2,1-3H3,(H2,26,27,28);1H. The molecule has 0 aromatic heterocycles. The zero-order chi connectivity index (χ0) is 22.6. The number of benzene rings is 1. The Morgan fingerprint density at radius 3 is 2.67 bits per heavy atom. The van der Waals surface area contributed by atoms with Crippen LogP contribution in [0.5, 0.6) is 11.5 Å². The van der Waals surface area contributed by atoms with Gasteiger partial charge in [-0.1, -0.05) is 6.07 Å². The molecule has 0 bridgehead atoms. The van der Waals surface area contributed by atoms with Gasteiger partial charge in [0.25, 0.3) is 0 Å². The van der Waals surface area contributed by atoms with E-state index < -0.39 is 0 Å². The topological polar surface area (TPSA) is 67.4 Å². The fourth-order valence-electron chi connectivity index (χ4n) is 4.48. The lowest BCUT2D eigenvalue weighted by Crippen LogP contribution is -2.49. The molecular weight excluding hydrogens is 531 g/mol. The van der Waals surface area contributed by atoms with Crippen LogP contribution in [0, 0.1) is 5.92 Å². The minimum atomic E-state index is 0. The van der Waals surface area contributed by atoms with E-state index in [2.05, 4.69) is 34.6 Å². The van der Waals surface area contributed by atoms with Crippen molar-refractivity contribution in [2.75, 3.05) is 59.7 Å². The number of aryl methyl sites for hydroxylation is 1. The summed E-state index contributed by atoms with van der Waals surface area (Å²) in [4.78, 5) is 7.43. The lowest BCUT2D eigenvalue weighted by Gasteiger charge is -2.34. The van der Waals surface area contributed by atoms with Crippen LogP contribution >= 0.6 is 24.0 Å². The van der Waals surface area contributed by atoms with Gasteiger partial charge in [-0.05, 0) is 69.6 Å². The summed E-state index contributed by atoms with van der Waals surface area (Å²) in [7, 11) is 1.68. The summed E-state index contributed by atoms with van der Waals surface area (Å²) in [5.41, 5.74) is 1.25. The Kier molecular flexibility index (Phi) is 13.2. The van der Waals surface area contributed by atoms with Gasteiger partial charge in [-0.25, -0.2) is 0 Å². The van der Waals surface area contributed by atoms with Crippen molar-refractivity contribution in [3.05, 3.63) is 23.8 Å². The molecule has 1 aromatic rings. The second-order valence-electron chi connectivity index (χ2n) is 8.73. The molecule has 188 valence electrons. The number of aliphatic imine (C=N–C) groups is 1. The average molecular weight is 575 g/mol. The number of halogens is 1. The van der Waals surface area contributed by atoms with Crippen molar-refractivity contribution in [1.29, 1.82) is 0 Å². The molecular formula is C25H43IN4O3. The summed E-state index contributed by atoms with van der Waals surface area (Å²) < 4.78 is 16.6. The van der Waals surface area contributed by atoms with Gasteiger partial charge in [-0.15, -0.1) is 24.0 Å². The molecule has 2 aliphatic heterocycles. The Bertz CT molecular complexity index is 705. The number of methoxy groups -OCH3 is 1. The molecule has 2 N–H and O–H groups in total. The number of nitrogens with one attached hydrogen (secondary N) is 2. The van der Waals surface area contributed by atoms with Crippen molar-refractivity contribution in [1.82, 2.24) is 15.5 Å². The first kappa shape index (κ1) is 28.0. The smallest absolute Gasteiger partial charge is 0.191 e. The maximum Gasteiger partial charge on any atom is 0.191 e. The lowest BCUT2D eigenvalue weighted by molar-refractivity contribution is 0.150. The lowest BCUT2D eigenvalue weighted by atomic mass is 10.0. The number of piperidine rings is 1. The Morgan fingerprint density at radius 1 is 1.18 bits per heavy atom. The summed E-state index contributed by atoms with van der Waals surface area (Å²) in [6.45, 7) is 11.8. The Morgan fingerprint density at radius 2 is 2.00 bits per heavy atom. The van der Waals surface area contributed by atoms with E-state index in [1.807, 2.05) is 13.0 Å². The number of likely N-dealkylation sites (tertiary alicyclic amines) is 1. The Labute approximate surface area is 217 Å². The predicted octanol–water partition coefficient (Wildman–Crippen LogP) is 3.70. The summed E-state index contributed by atoms with van der Waals surface area (Å²) in [5, 5.41) is 7.07. The van der Waals surface area contributed by atoms with Gasteiger partial charge in [0.1, 0.15) is 0 Å². The van der Waals surface area contributed by atoms with Gasteiger partial charge in [0, 0.05) is 45.4 Å². The molecule has 0 spiro atoms. The number of nitrogens with zero attached hydrogens (tertiary/aromatic N) is 2. The zero-order valence-electron chi connectivity index (χ0n) is 20.6. The van der Waals surface area contributed by atoms with E-state index in [-0.39, 0.29) is 24.0 Å². The molecule has 0 saturated carbocycles. The van der Waals surface area contributed by atoms with Crippen LogP contribution in [-0.4, -0.2) is 76.6 Å². The van der Waals surface area contributed by atoms with Crippen LogP contribution in [0.1, 0.15) is 45.1 Å². The van der Waals surface area contributed by atoms with Crippen molar-refractivity contribution in [3.63, 3.8) is 0 Å². The summed E-state index contributed by atoms with van der Waals surface area (Å²) >= 11 is 0. The Balaban J connectivity index is 0.00000385. The van der Waals surface area contributed by atoms with Crippen molar-refractivity contribution in [2.24, 2.45) is 10.9 Å². The monoisotopic (exact) mass is 574 g/mol. The van der Waals surface area contributed by atoms with Crippen LogP contribution in [0.25, 0.3) is 0 Å². The third kappa shape index (κ3) is 9.48. The van der Waals surface area contributed by atoms with Gasteiger partial charge in [0.05, 0.1) is 20.3 Å². The summed E-state index contributed by atoms with van der Waals surface area (Å²) in [6.07, 6.45) is 5.53. The Hall–Kier alpha value is -1.26. The highest BCUT2D eigenvalue weighted by atomic mass is 127. The van der Waals surface area contributed by atoms with Crippen LogP contribution < -0.4 is 20.1 Å². The molecule has 2 heterocycles. The molecule has 0 radical (unpaired) electrons. The first-order chi connectivity index (χ1) is 15.7. The minimum Gasteiger partial charge on any atom is -0.493 e. The third-order valence-corrected chi connectivity index (χ3v) is 6.23.